The molecule has 112 valence electrons. The van der Waals surface area contributed by atoms with Crippen molar-refractivity contribution in [3.05, 3.63) is 11.6 Å². The third-order valence-corrected chi connectivity index (χ3v) is 4.92. The molecule has 0 aromatic heterocycles. The number of amides is 1. The van der Waals surface area contributed by atoms with E-state index < -0.39 is 5.60 Å². The number of carbonyl (C=O) groups excluding carboxylic acids is 1. The van der Waals surface area contributed by atoms with Gasteiger partial charge < -0.3 is 15.3 Å². The van der Waals surface area contributed by atoms with Gasteiger partial charge in [0.2, 0.25) is 0 Å². The van der Waals surface area contributed by atoms with E-state index in [0.717, 1.165) is 30.8 Å². The number of hydrogen-bond donors (Lipinski definition) is 2. The predicted molar refractivity (Wildman–Crippen MR) is 82.7 cm³/mol. The average Bonchev–Trinajstić information content (AvgIpc) is 3.00. The molecule has 1 heterocycles. The van der Waals surface area contributed by atoms with Crippen molar-refractivity contribution >= 4 is 22.7 Å². The summed E-state index contributed by atoms with van der Waals surface area (Å²) in [6.45, 7) is 7.52. The minimum absolute atomic E-state index is 0.231. The first-order chi connectivity index (χ1) is 9.45. The highest BCUT2D eigenvalue weighted by molar-refractivity contribution is 8.18. The van der Waals surface area contributed by atoms with E-state index in [4.69, 9.17) is 0 Å². The predicted octanol–water partition coefficient (Wildman–Crippen LogP) is 1.34. The van der Waals surface area contributed by atoms with Gasteiger partial charge in [-0.3, -0.25) is 9.79 Å². The lowest BCUT2D eigenvalue weighted by Crippen LogP contribution is -2.37. The first-order valence-electron chi connectivity index (χ1n) is 7.06. The summed E-state index contributed by atoms with van der Waals surface area (Å²) in [6.07, 6.45) is 3.85. The van der Waals surface area contributed by atoms with E-state index in [1.54, 1.807) is 7.05 Å². The molecule has 0 radical (unpaired) electrons. The molecule has 1 unspecified atom stereocenters. The topological polar surface area (TPSA) is 64.9 Å². The maximum atomic E-state index is 12.0. The standard InChI is InChI=1S/C14H23N3O2S/c1-10-5-4-8-17(10)11(2)20-13(15-3)12(18)16-9-14(19)6-7-14/h10,19H,2,4-9H2,1,3H3,(H,16,18). The molecular formula is C14H23N3O2S. The lowest BCUT2D eigenvalue weighted by molar-refractivity contribution is -0.115. The van der Waals surface area contributed by atoms with Crippen molar-refractivity contribution in [1.82, 2.24) is 10.2 Å². The van der Waals surface area contributed by atoms with Crippen LogP contribution in [0.2, 0.25) is 0 Å². The van der Waals surface area contributed by atoms with E-state index in [1.165, 1.54) is 18.2 Å². The maximum absolute atomic E-state index is 12.0. The fraction of sp³-hybridized carbons (Fsp3) is 0.714. The van der Waals surface area contributed by atoms with E-state index in [1.807, 2.05) is 0 Å². The van der Waals surface area contributed by atoms with Crippen LogP contribution in [0.5, 0.6) is 0 Å². The summed E-state index contributed by atoms with van der Waals surface area (Å²) in [7, 11) is 1.61. The Bertz CT molecular complexity index is 432. The van der Waals surface area contributed by atoms with Crippen LogP contribution in [0.15, 0.2) is 16.6 Å². The van der Waals surface area contributed by atoms with Gasteiger partial charge in [0.15, 0.2) is 5.04 Å². The van der Waals surface area contributed by atoms with Gasteiger partial charge in [0.1, 0.15) is 0 Å². The Labute approximate surface area is 124 Å². The van der Waals surface area contributed by atoms with Crippen LogP contribution in [0, 0.1) is 0 Å². The summed E-state index contributed by atoms with van der Waals surface area (Å²) >= 11 is 1.31. The van der Waals surface area contributed by atoms with Gasteiger partial charge in [0, 0.05) is 26.2 Å². The number of likely N-dealkylation sites (tertiary alicyclic amines) is 1. The number of rotatable bonds is 4. The largest absolute Gasteiger partial charge is 0.388 e. The third kappa shape index (κ3) is 3.76. The van der Waals surface area contributed by atoms with E-state index in [-0.39, 0.29) is 5.91 Å². The van der Waals surface area contributed by atoms with Crippen LogP contribution in [-0.2, 0) is 4.79 Å². The SMILES string of the molecule is C=C(SC(=NC)C(=O)NCC1(O)CC1)N1CCCC1C. The molecule has 1 saturated heterocycles. The van der Waals surface area contributed by atoms with Gasteiger partial charge in [0.05, 0.1) is 10.6 Å². The number of nitrogens with zero attached hydrogens (tertiary/aromatic N) is 2. The number of carbonyl (C=O) groups is 1. The van der Waals surface area contributed by atoms with Crippen LogP contribution in [0.1, 0.15) is 32.6 Å². The number of aliphatic hydroxyl groups is 1. The number of nitrogens with one attached hydrogen (secondary N) is 1. The van der Waals surface area contributed by atoms with Crippen molar-refractivity contribution in [3.63, 3.8) is 0 Å². The second kappa shape index (κ2) is 6.18. The van der Waals surface area contributed by atoms with Crippen molar-refractivity contribution in [2.75, 3.05) is 20.1 Å². The molecule has 1 atom stereocenters. The molecular weight excluding hydrogens is 274 g/mol. The number of aliphatic imine (C=N–C) groups is 1. The van der Waals surface area contributed by atoms with Crippen molar-refractivity contribution in [1.29, 1.82) is 0 Å². The van der Waals surface area contributed by atoms with Crippen molar-refractivity contribution < 1.29 is 9.90 Å². The van der Waals surface area contributed by atoms with Crippen molar-refractivity contribution in [2.45, 2.75) is 44.2 Å². The average molecular weight is 297 g/mol. The maximum Gasteiger partial charge on any atom is 0.276 e. The Morgan fingerprint density at radius 2 is 2.30 bits per heavy atom. The van der Waals surface area contributed by atoms with Crippen molar-refractivity contribution in [2.24, 2.45) is 4.99 Å². The molecule has 1 aliphatic heterocycles. The van der Waals surface area contributed by atoms with E-state index in [0.29, 0.717) is 17.6 Å². The Hall–Kier alpha value is -1.01. The Kier molecular flexibility index (Phi) is 4.75. The van der Waals surface area contributed by atoms with Crippen LogP contribution >= 0.6 is 11.8 Å². The molecule has 0 bridgehead atoms. The summed E-state index contributed by atoms with van der Waals surface area (Å²) in [5.41, 5.74) is -0.681. The lowest BCUT2D eigenvalue weighted by atomic mass is 10.2. The lowest BCUT2D eigenvalue weighted by Gasteiger charge is -2.25. The summed E-state index contributed by atoms with van der Waals surface area (Å²) in [4.78, 5) is 18.3. The van der Waals surface area contributed by atoms with Gasteiger partial charge in [-0.2, -0.15) is 0 Å². The van der Waals surface area contributed by atoms with Crippen molar-refractivity contribution in [3.8, 4) is 0 Å². The van der Waals surface area contributed by atoms with Gasteiger partial charge >= 0.3 is 0 Å². The molecule has 0 aromatic rings. The van der Waals surface area contributed by atoms with Crippen LogP contribution in [-0.4, -0.2) is 52.7 Å². The Morgan fingerprint density at radius 1 is 1.60 bits per heavy atom. The molecule has 2 rings (SSSR count). The van der Waals surface area contributed by atoms with Crippen LogP contribution in [0.3, 0.4) is 0 Å². The van der Waals surface area contributed by atoms with Gasteiger partial charge in [-0.25, -0.2) is 0 Å². The summed E-state index contributed by atoms with van der Waals surface area (Å²) in [5.74, 6) is -0.231. The molecule has 0 aromatic carbocycles. The molecule has 2 aliphatic rings. The zero-order valence-electron chi connectivity index (χ0n) is 12.2. The highest BCUT2D eigenvalue weighted by atomic mass is 32.2. The summed E-state index contributed by atoms with van der Waals surface area (Å²) in [6, 6.07) is 0.475. The Balaban J connectivity index is 1.85. The number of hydrogen-bond acceptors (Lipinski definition) is 5. The monoisotopic (exact) mass is 297 g/mol. The minimum atomic E-state index is -0.681. The van der Waals surface area contributed by atoms with E-state index in [2.05, 4.69) is 28.7 Å². The molecule has 5 nitrogen and oxygen atoms in total. The molecule has 20 heavy (non-hydrogen) atoms. The van der Waals surface area contributed by atoms with Crippen LogP contribution in [0.25, 0.3) is 0 Å². The molecule has 1 amide bonds. The summed E-state index contributed by atoms with van der Waals surface area (Å²) < 4.78 is 0. The van der Waals surface area contributed by atoms with Crippen LogP contribution < -0.4 is 5.32 Å². The van der Waals surface area contributed by atoms with E-state index in [9.17, 15) is 9.90 Å². The fourth-order valence-corrected chi connectivity index (χ4v) is 3.18. The Morgan fingerprint density at radius 3 is 2.80 bits per heavy atom. The second-order valence-electron chi connectivity index (χ2n) is 5.62. The van der Waals surface area contributed by atoms with Gasteiger partial charge in [-0.05, 0) is 44.4 Å². The molecule has 0 spiro atoms. The molecule has 2 N–H and O–H groups in total. The molecule has 1 saturated carbocycles. The first kappa shape index (κ1) is 15.4. The van der Waals surface area contributed by atoms with Gasteiger partial charge in [-0.15, -0.1) is 0 Å². The highest BCUT2D eigenvalue weighted by Gasteiger charge is 2.40. The number of thioether (sulfide) groups is 1. The molecule has 2 fully saturated rings. The van der Waals surface area contributed by atoms with Gasteiger partial charge in [0.25, 0.3) is 5.91 Å². The van der Waals surface area contributed by atoms with Crippen LogP contribution in [0.4, 0.5) is 0 Å². The third-order valence-electron chi connectivity index (χ3n) is 3.89. The highest BCUT2D eigenvalue weighted by Crippen LogP contribution is 2.34. The minimum Gasteiger partial charge on any atom is -0.388 e. The molecule has 1 aliphatic carbocycles. The zero-order valence-corrected chi connectivity index (χ0v) is 13.0. The first-order valence-corrected chi connectivity index (χ1v) is 7.87. The fourth-order valence-electron chi connectivity index (χ4n) is 2.31. The normalized spacial score (nSPS) is 24.6. The van der Waals surface area contributed by atoms with Gasteiger partial charge in [-0.1, -0.05) is 6.58 Å². The zero-order chi connectivity index (χ0) is 14.8. The quantitative estimate of drug-likeness (QED) is 0.607. The summed E-state index contributed by atoms with van der Waals surface area (Å²) in [5, 5.41) is 13.7. The molecule has 6 heteroatoms. The second-order valence-corrected chi connectivity index (χ2v) is 6.68. The smallest absolute Gasteiger partial charge is 0.276 e. The van der Waals surface area contributed by atoms with E-state index >= 15 is 0 Å².